The van der Waals surface area contributed by atoms with E-state index < -0.39 is 0 Å². The number of hydrogen-bond donors (Lipinski definition) is 1. The number of rotatable bonds is 1. The van der Waals surface area contributed by atoms with E-state index in [1.165, 1.54) is 5.39 Å². The third-order valence-electron chi connectivity index (χ3n) is 2.71. The third-order valence-corrected chi connectivity index (χ3v) is 2.71. The van der Waals surface area contributed by atoms with Crippen LogP contribution in [0.4, 0.5) is 5.82 Å². The minimum Gasteiger partial charge on any atom is -0.384 e. The highest BCUT2D eigenvalue weighted by atomic mass is 14.9. The summed E-state index contributed by atoms with van der Waals surface area (Å²) in [5.41, 5.74) is 6.70. The number of fused-ring (bicyclic) bond motifs is 1. The van der Waals surface area contributed by atoms with Crippen molar-refractivity contribution in [2.45, 2.75) is 0 Å². The molecule has 0 saturated carbocycles. The summed E-state index contributed by atoms with van der Waals surface area (Å²) in [6, 6.07) is 16.0. The van der Waals surface area contributed by atoms with Crippen molar-refractivity contribution in [1.82, 2.24) is 9.97 Å². The predicted molar refractivity (Wildman–Crippen MR) is 69.4 cm³/mol. The Kier molecular flexibility index (Phi) is 2.22. The number of nitrogens with two attached hydrogens (primary N) is 1. The first-order chi connectivity index (χ1) is 8.34. The average Bonchev–Trinajstić information content (AvgIpc) is 2.38. The Hall–Kier alpha value is -2.42. The normalized spacial score (nSPS) is 10.6. The summed E-state index contributed by atoms with van der Waals surface area (Å²) in [5, 5.41) is 2.32. The fourth-order valence-corrected chi connectivity index (χ4v) is 1.92. The Balaban J connectivity index is 2.30. The van der Waals surface area contributed by atoms with Crippen molar-refractivity contribution < 1.29 is 0 Å². The number of nitrogen functional groups attached to an aromatic ring is 1. The zero-order valence-corrected chi connectivity index (χ0v) is 9.17. The van der Waals surface area contributed by atoms with Gasteiger partial charge in [-0.05, 0) is 16.8 Å². The monoisotopic (exact) mass is 221 g/mol. The highest BCUT2D eigenvalue weighted by Gasteiger charge is 2.05. The highest BCUT2D eigenvalue weighted by Crippen LogP contribution is 2.25. The molecule has 0 aliphatic rings. The van der Waals surface area contributed by atoms with Crippen LogP contribution in [-0.2, 0) is 0 Å². The van der Waals surface area contributed by atoms with Crippen LogP contribution in [0.2, 0.25) is 0 Å². The second kappa shape index (κ2) is 3.87. The van der Waals surface area contributed by atoms with Gasteiger partial charge in [-0.3, -0.25) is 0 Å². The van der Waals surface area contributed by atoms with Crippen molar-refractivity contribution in [2.75, 3.05) is 5.73 Å². The number of benzene rings is 2. The van der Waals surface area contributed by atoms with Gasteiger partial charge in [0.05, 0.1) is 0 Å². The SMILES string of the molecule is Nc1ccnc(-c2cccc3ccccc23)n1. The van der Waals surface area contributed by atoms with Gasteiger partial charge in [-0.25, -0.2) is 9.97 Å². The van der Waals surface area contributed by atoms with Crippen molar-refractivity contribution in [3.05, 3.63) is 54.7 Å². The van der Waals surface area contributed by atoms with Crippen molar-refractivity contribution in [3.63, 3.8) is 0 Å². The lowest BCUT2D eigenvalue weighted by Gasteiger charge is -2.05. The number of aromatic nitrogens is 2. The average molecular weight is 221 g/mol. The first-order valence-electron chi connectivity index (χ1n) is 5.41. The summed E-state index contributed by atoms with van der Waals surface area (Å²) in [4.78, 5) is 8.53. The molecule has 0 bridgehead atoms. The minimum absolute atomic E-state index is 0.489. The lowest BCUT2D eigenvalue weighted by atomic mass is 10.0. The summed E-state index contributed by atoms with van der Waals surface area (Å²) in [6.07, 6.45) is 1.68. The molecule has 3 rings (SSSR count). The fraction of sp³-hybridized carbons (Fsp3) is 0. The zero-order valence-electron chi connectivity index (χ0n) is 9.17. The molecule has 17 heavy (non-hydrogen) atoms. The van der Waals surface area contributed by atoms with Crippen molar-refractivity contribution in [2.24, 2.45) is 0 Å². The first-order valence-corrected chi connectivity index (χ1v) is 5.41. The van der Waals surface area contributed by atoms with E-state index >= 15 is 0 Å². The summed E-state index contributed by atoms with van der Waals surface area (Å²) in [5.74, 6) is 1.16. The predicted octanol–water partition coefficient (Wildman–Crippen LogP) is 2.88. The Morgan fingerprint density at radius 3 is 2.59 bits per heavy atom. The van der Waals surface area contributed by atoms with E-state index in [4.69, 9.17) is 5.73 Å². The van der Waals surface area contributed by atoms with Gasteiger partial charge in [0, 0.05) is 11.8 Å². The van der Waals surface area contributed by atoms with Crippen molar-refractivity contribution in [1.29, 1.82) is 0 Å². The Morgan fingerprint density at radius 2 is 1.71 bits per heavy atom. The molecule has 0 atom stereocenters. The second-order valence-electron chi connectivity index (χ2n) is 3.83. The maximum absolute atomic E-state index is 5.69. The van der Waals surface area contributed by atoms with E-state index in [0.717, 1.165) is 10.9 Å². The number of nitrogens with zero attached hydrogens (tertiary/aromatic N) is 2. The summed E-state index contributed by atoms with van der Waals surface area (Å²) in [6.45, 7) is 0. The lowest BCUT2D eigenvalue weighted by Crippen LogP contribution is -1.94. The molecule has 0 saturated heterocycles. The third kappa shape index (κ3) is 1.72. The van der Waals surface area contributed by atoms with Crippen LogP contribution in [0, 0.1) is 0 Å². The topological polar surface area (TPSA) is 51.8 Å². The highest BCUT2D eigenvalue weighted by molar-refractivity contribution is 5.95. The van der Waals surface area contributed by atoms with Gasteiger partial charge in [0.2, 0.25) is 0 Å². The van der Waals surface area contributed by atoms with Gasteiger partial charge in [0.25, 0.3) is 0 Å². The van der Waals surface area contributed by atoms with Gasteiger partial charge in [-0.1, -0.05) is 42.5 Å². The molecule has 3 heteroatoms. The maximum atomic E-state index is 5.69. The van der Waals surface area contributed by atoms with Crippen LogP contribution in [0.15, 0.2) is 54.7 Å². The smallest absolute Gasteiger partial charge is 0.162 e. The Bertz CT molecular complexity index is 672. The lowest BCUT2D eigenvalue weighted by molar-refractivity contribution is 1.19. The van der Waals surface area contributed by atoms with Gasteiger partial charge in [0.15, 0.2) is 5.82 Å². The van der Waals surface area contributed by atoms with Gasteiger partial charge in [0.1, 0.15) is 5.82 Å². The van der Waals surface area contributed by atoms with E-state index in [-0.39, 0.29) is 0 Å². The van der Waals surface area contributed by atoms with Gasteiger partial charge >= 0.3 is 0 Å². The van der Waals surface area contributed by atoms with E-state index in [1.807, 2.05) is 24.3 Å². The first kappa shape index (κ1) is 9.78. The molecule has 0 spiro atoms. The second-order valence-corrected chi connectivity index (χ2v) is 3.83. The van der Waals surface area contributed by atoms with Crippen LogP contribution in [0.3, 0.4) is 0 Å². The van der Waals surface area contributed by atoms with Crippen LogP contribution in [-0.4, -0.2) is 9.97 Å². The molecule has 1 heterocycles. The zero-order chi connectivity index (χ0) is 11.7. The molecular weight excluding hydrogens is 210 g/mol. The molecule has 0 unspecified atom stereocenters. The molecule has 3 nitrogen and oxygen atoms in total. The Labute approximate surface area is 98.9 Å². The molecule has 0 amide bonds. The number of hydrogen-bond acceptors (Lipinski definition) is 3. The summed E-state index contributed by atoms with van der Waals surface area (Å²) >= 11 is 0. The van der Waals surface area contributed by atoms with Crippen molar-refractivity contribution in [3.8, 4) is 11.4 Å². The van der Waals surface area contributed by atoms with E-state index in [0.29, 0.717) is 11.6 Å². The molecule has 0 aliphatic heterocycles. The van der Waals surface area contributed by atoms with Crippen LogP contribution in [0.25, 0.3) is 22.2 Å². The van der Waals surface area contributed by atoms with E-state index in [9.17, 15) is 0 Å². The molecule has 0 radical (unpaired) electrons. The molecule has 0 aliphatic carbocycles. The summed E-state index contributed by atoms with van der Waals surface area (Å²) in [7, 11) is 0. The van der Waals surface area contributed by atoms with Crippen LogP contribution >= 0.6 is 0 Å². The molecule has 3 aromatic rings. The maximum Gasteiger partial charge on any atom is 0.162 e. The molecule has 82 valence electrons. The minimum atomic E-state index is 0.489. The van der Waals surface area contributed by atoms with Crippen LogP contribution < -0.4 is 5.73 Å². The van der Waals surface area contributed by atoms with Crippen molar-refractivity contribution >= 4 is 16.6 Å². The molecule has 2 N–H and O–H groups in total. The van der Waals surface area contributed by atoms with Gasteiger partial charge in [-0.2, -0.15) is 0 Å². The quantitative estimate of drug-likeness (QED) is 0.687. The molecule has 2 aromatic carbocycles. The van der Waals surface area contributed by atoms with E-state index in [2.05, 4.69) is 28.2 Å². The molecular formula is C14H11N3. The molecule has 0 fully saturated rings. The fourth-order valence-electron chi connectivity index (χ4n) is 1.92. The van der Waals surface area contributed by atoms with Crippen LogP contribution in [0.5, 0.6) is 0 Å². The van der Waals surface area contributed by atoms with E-state index in [1.54, 1.807) is 12.3 Å². The van der Waals surface area contributed by atoms with Crippen LogP contribution in [0.1, 0.15) is 0 Å². The Morgan fingerprint density at radius 1 is 0.882 bits per heavy atom. The summed E-state index contributed by atoms with van der Waals surface area (Å²) < 4.78 is 0. The van der Waals surface area contributed by atoms with Gasteiger partial charge in [-0.15, -0.1) is 0 Å². The molecule has 1 aromatic heterocycles. The standard InChI is InChI=1S/C14H11N3/c15-13-8-9-16-14(17-13)12-7-3-5-10-4-1-2-6-11(10)12/h1-9H,(H2,15,16,17). The van der Waals surface area contributed by atoms with Gasteiger partial charge < -0.3 is 5.73 Å². The number of anilines is 1. The largest absolute Gasteiger partial charge is 0.384 e.